The number of fused-ring (bicyclic) bond motifs is 1. The fraction of sp³-hybridized carbons (Fsp3) is 0.429. The van der Waals surface area contributed by atoms with Gasteiger partial charge in [0.05, 0.1) is 5.69 Å². The molecular formula is C7H13N7. The number of amidine groups is 1. The average molecular weight is 195 g/mol. The topological polar surface area (TPSA) is 108 Å². The molecule has 1 aromatic rings. The van der Waals surface area contributed by atoms with Gasteiger partial charge in [-0.2, -0.15) is 5.10 Å². The third-order valence-electron chi connectivity index (χ3n) is 2.06. The first-order valence-corrected chi connectivity index (χ1v) is 4.28. The summed E-state index contributed by atoms with van der Waals surface area (Å²) in [4.78, 5) is 0. The molecule has 0 aromatic carbocycles. The number of H-pyrrole nitrogens is 1. The maximum Gasteiger partial charge on any atom is 0.173 e. The van der Waals surface area contributed by atoms with Crippen LogP contribution in [0.15, 0.2) is 5.10 Å². The van der Waals surface area contributed by atoms with E-state index in [4.69, 9.17) is 11.6 Å². The van der Waals surface area contributed by atoms with Crippen LogP contribution >= 0.6 is 0 Å². The van der Waals surface area contributed by atoms with E-state index in [1.807, 2.05) is 0 Å². The molecule has 0 amide bonds. The smallest absolute Gasteiger partial charge is 0.173 e. The Balaban J connectivity index is 2.33. The maximum absolute atomic E-state index is 5.73. The minimum Gasteiger partial charge on any atom is -0.380 e. The van der Waals surface area contributed by atoms with Gasteiger partial charge in [0.15, 0.2) is 5.84 Å². The van der Waals surface area contributed by atoms with Crippen LogP contribution in [0.4, 0.5) is 0 Å². The lowest BCUT2D eigenvalue weighted by Crippen LogP contribution is -2.26. The Morgan fingerprint density at radius 3 is 3.07 bits per heavy atom. The first-order chi connectivity index (χ1) is 6.68. The second-order valence-electron chi connectivity index (χ2n) is 3.19. The molecule has 7 heteroatoms. The van der Waals surface area contributed by atoms with E-state index in [2.05, 4.69) is 20.6 Å². The number of nitrogens with zero attached hydrogens (tertiary/aromatic N) is 3. The number of hydrogen-bond donors (Lipinski definition) is 4. The van der Waals surface area contributed by atoms with Gasteiger partial charge in [-0.3, -0.25) is 5.10 Å². The van der Waals surface area contributed by atoms with E-state index < -0.39 is 0 Å². The van der Waals surface area contributed by atoms with Crippen molar-refractivity contribution in [3.8, 4) is 0 Å². The Labute approximate surface area is 81.1 Å². The number of aromatic nitrogens is 2. The van der Waals surface area contributed by atoms with Crippen molar-refractivity contribution in [1.29, 1.82) is 0 Å². The largest absolute Gasteiger partial charge is 0.380 e. The van der Waals surface area contributed by atoms with Gasteiger partial charge in [-0.05, 0) is 0 Å². The Morgan fingerprint density at radius 1 is 1.57 bits per heavy atom. The summed E-state index contributed by atoms with van der Waals surface area (Å²) in [5.41, 5.74) is 8.56. The number of hydrogen-bond acceptors (Lipinski definition) is 5. The Morgan fingerprint density at radius 2 is 2.36 bits per heavy atom. The maximum atomic E-state index is 5.73. The van der Waals surface area contributed by atoms with Crippen molar-refractivity contribution in [1.82, 2.24) is 20.6 Å². The number of hydrazine groups is 1. The molecule has 7 nitrogen and oxygen atoms in total. The molecule has 0 aliphatic carbocycles. The van der Waals surface area contributed by atoms with Gasteiger partial charge in [-0.15, -0.1) is 5.10 Å². The minimum atomic E-state index is 0.330. The lowest BCUT2D eigenvalue weighted by atomic mass is 10.2. The summed E-state index contributed by atoms with van der Waals surface area (Å²) >= 11 is 0. The lowest BCUT2D eigenvalue weighted by Gasteiger charge is -2.05. The van der Waals surface area contributed by atoms with Crippen molar-refractivity contribution in [3.05, 3.63) is 17.0 Å². The zero-order chi connectivity index (χ0) is 10.1. The van der Waals surface area contributed by atoms with Crippen molar-refractivity contribution in [2.24, 2.45) is 16.7 Å². The predicted molar refractivity (Wildman–Crippen MR) is 51.8 cm³/mol. The molecule has 1 aromatic heterocycles. The van der Waals surface area contributed by atoms with Gasteiger partial charge in [-0.25, -0.2) is 11.0 Å². The molecule has 0 fully saturated rings. The van der Waals surface area contributed by atoms with E-state index in [1.54, 1.807) is 7.05 Å². The summed E-state index contributed by atoms with van der Waals surface area (Å²) in [6.45, 7) is 1.57. The fourth-order valence-electron chi connectivity index (χ4n) is 1.48. The van der Waals surface area contributed by atoms with Crippen LogP contribution in [0, 0.1) is 0 Å². The first kappa shape index (κ1) is 8.97. The van der Waals surface area contributed by atoms with E-state index in [1.165, 1.54) is 5.12 Å². The van der Waals surface area contributed by atoms with E-state index in [-0.39, 0.29) is 0 Å². The SMILES string of the molecule is CN(N)/N=C(\N)c1n[nH]c2c1CNC2. The van der Waals surface area contributed by atoms with Gasteiger partial charge in [0.1, 0.15) is 5.69 Å². The van der Waals surface area contributed by atoms with E-state index >= 15 is 0 Å². The van der Waals surface area contributed by atoms with Crippen molar-refractivity contribution < 1.29 is 0 Å². The van der Waals surface area contributed by atoms with E-state index in [9.17, 15) is 0 Å². The molecule has 2 heterocycles. The molecule has 0 radical (unpaired) electrons. The number of aromatic amines is 1. The summed E-state index contributed by atoms with van der Waals surface area (Å²) < 4.78 is 0. The summed E-state index contributed by atoms with van der Waals surface area (Å²) in [5.74, 6) is 5.69. The van der Waals surface area contributed by atoms with Gasteiger partial charge >= 0.3 is 0 Å². The van der Waals surface area contributed by atoms with E-state index in [0.29, 0.717) is 11.5 Å². The zero-order valence-electron chi connectivity index (χ0n) is 7.91. The molecule has 0 saturated heterocycles. The van der Waals surface area contributed by atoms with Crippen LogP contribution < -0.4 is 16.9 Å². The molecule has 76 valence electrons. The predicted octanol–water partition coefficient (Wildman–Crippen LogP) is -1.56. The zero-order valence-corrected chi connectivity index (χ0v) is 7.91. The molecule has 0 atom stereocenters. The third-order valence-corrected chi connectivity index (χ3v) is 2.06. The minimum absolute atomic E-state index is 0.330. The van der Waals surface area contributed by atoms with Crippen molar-refractivity contribution in [3.63, 3.8) is 0 Å². The lowest BCUT2D eigenvalue weighted by molar-refractivity contribution is 0.371. The number of nitrogens with two attached hydrogens (primary N) is 2. The molecule has 6 N–H and O–H groups in total. The Hall–Kier alpha value is -1.60. The Kier molecular flexibility index (Phi) is 2.10. The second-order valence-corrected chi connectivity index (χ2v) is 3.19. The van der Waals surface area contributed by atoms with Crippen LogP contribution in [0.1, 0.15) is 17.0 Å². The summed E-state index contributed by atoms with van der Waals surface area (Å²) in [6.07, 6.45) is 0. The quantitative estimate of drug-likeness (QED) is 0.197. The van der Waals surface area contributed by atoms with Crippen LogP contribution in [0.25, 0.3) is 0 Å². The van der Waals surface area contributed by atoms with E-state index in [0.717, 1.165) is 24.3 Å². The van der Waals surface area contributed by atoms with Crippen LogP contribution in [-0.2, 0) is 13.1 Å². The molecule has 1 aliphatic heterocycles. The summed E-state index contributed by atoms with van der Waals surface area (Å²) in [7, 11) is 1.61. The highest BCUT2D eigenvalue weighted by atomic mass is 15.6. The summed E-state index contributed by atoms with van der Waals surface area (Å²) in [6, 6.07) is 0. The molecular weight excluding hydrogens is 182 g/mol. The molecule has 0 unspecified atom stereocenters. The monoisotopic (exact) mass is 195 g/mol. The van der Waals surface area contributed by atoms with Crippen LogP contribution in [-0.4, -0.2) is 28.2 Å². The fourth-order valence-corrected chi connectivity index (χ4v) is 1.48. The standard InChI is InChI=1S/C7H13N7/c1-14(9)13-7(8)6-4-2-10-3-5(4)11-12-6/h10H,2-3,9H2,1H3,(H2,8,13)(H,11,12). The number of nitrogens with one attached hydrogen (secondary N) is 2. The molecule has 0 spiro atoms. The highest BCUT2D eigenvalue weighted by molar-refractivity contribution is 5.97. The highest BCUT2D eigenvalue weighted by Gasteiger charge is 2.20. The molecule has 0 saturated carbocycles. The molecule has 0 bridgehead atoms. The van der Waals surface area contributed by atoms with Crippen molar-refractivity contribution in [2.45, 2.75) is 13.1 Å². The van der Waals surface area contributed by atoms with Gasteiger partial charge in [-0.1, -0.05) is 0 Å². The highest BCUT2D eigenvalue weighted by Crippen LogP contribution is 2.15. The van der Waals surface area contributed by atoms with Crippen LogP contribution in [0.5, 0.6) is 0 Å². The number of rotatable bonds is 2. The normalized spacial score (nSPS) is 15.7. The second kappa shape index (κ2) is 3.28. The Bertz CT molecular complexity index is 364. The van der Waals surface area contributed by atoms with Gasteiger partial charge in [0, 0.05) is 25.7 Å². The van der Waals surface area contributed by atoms with Crippen molar-refractivity contribution in [2.75, 3.05) is 7.05 Å². The molecule has 2 rings (SSSR count). The van der Waals surface area contributed by atoms with Crippen molar-refractivity contribution >= 4 is 5.84 Å². The van der Waals surface area contributed by atoms with Gasteiger partial charge in [0.2, 0.25) is 0 Å². The summed E-state index contributed by atoms with van der Waals surface area (Å²) in [5, 5.41) is 15.2. The average Bonchev–Trinajstić information content (AvgIpc) is 2.59. The van der Waals surface area contributed by atoms with Crippen LogP contribution in [0.2, 0.25) is 0 Å². The first-order valence-electron chi connectivity index (χ1n) is 4.28. The van der Waals surface area contributed by atoms with Gasteiger partial charge < -0.3 is 11.1 Å². The number of hydrazone groups is 1. The van der Waals surface area contributed by atoms with Crippen LogP contribution in [0.3, 0.4) is 0 Å². The molecule has 1 aliphatic rings. The van der Waals surface area contributed by atoms with Gasteiger partial charge in [0.25, 0.3) is 0 Å². The molecule has 14 heavy (non-hydrogen) atoms. The third kappa shape index (κ3) is 1.42.